The predicted octanol–water partition coefficient (Wildman–Crippen LogP) is 2.72. The fourth-order valence-electron chi connectivity index (χ4n) is 3.22. The summed E-state index contributed by atoms with van der Waals surface area (Å²) in [7, 11) is 1.66. The first-order chi connectivity index (χ1) is 13.1. The van der Waals surface area contributed by atoms with Gasteiger partial charge in [0.1, 0.15) is 5.75 Å². The SMILES string of the molecule is COc1ccccc1CCn1ccc2c(c(C)nc3nc(SC)nn32)c1=O. The number of thioether (sulfide) groups is 1. The third-order valence-corrected chi connectivity index (χ3v) is 5.11. The number of methoxy groups -OCH3 is 1. The molecule has 0 atom stereocenters. The molecule has 0 aliphatic rings. The third kappa shape index (κ3) is 3.06. The largest absolute Gasteiger partial charge is 0.496 e. The van der Waals surface area contributed by atoms with Crippen LogP contribution in [0, 0.1) is 6.92 Å². The van der Waals surface area contributed by atoms with Gasteiger partial charge in [0.25, 0.3) is 11.3 Å². The molecular weight excluding hydrogens is 362 g/mol. The number of hydrogen-bond donors (Lipinski definition) is 0. The predicted molar refractivity (Wildman–Crippen MR) is 106 cm³/mol. The molecule has 0 saturated carbocycles. The Morgan fingerprint density at radius 2 is 2.00 bits per heavy atom. The van der Waals surface area contributed by atoms with Crippen LogP contribution in [-0.2, 0) is 13.0 Å². The van der Waals surface area contributed by atoms with E-state index in [1.165, 1.54) is 11.8 Å². The summed E-state index contributed by atoms with van der Waals surface area (Å²) in [4.78, 5) is 21.9. The zero-order valence-electron chi connectivity index (χ0n) is 15.3. The van der Waals surface area contributed by atoms with Crippen LogP contribution in [-0.4, -0.2) is 37.5 Å². The monoisotopic (exact) mass is 381 g/mol. The van der Waals surface area contributed by atoms with E-state index in [4.69, 9.17) is 4.74 Å². The Bertz CT molecular complexity index is 1200. The van der Waals surface area contributed by atoms with Crippen molar-refractivity contribution in [3.63, 3.8) is 0 Å². The minimum atomic E-state index is -0.0736. The Morgan fingerprint density at radius 3 is 2.78 bits per heavy atom. The van der Waals surface area contributed by atoms with E-state index in [1.54, 1.807) is 22.4 Å². The molecule has 0 N–H and O–H groups in total. The van der Waals surface area contributed by atoms with Gasteiger partial charge in [0, 0.05) is 12.7 Å². The van der Waals surface area contributed by atoms with Gasteiger partial charge in [0.15, 0.2) is 0 Å². The topological polar surface area (TPSA) is 74.3 Å². The first-order valence-electron chi connectivity index (χ1n) is 8.55. The molecule has 8 heteroatoms. The second-order valence-corrected chi connectivity index (χ2v) is 6.92. The van der Waals surface area contributed by atoms with Gasteiger partial charge in [-0.1, -0.05) is 30.0 Å². The number of para-hydroxylation sites is 1. The minimum absolute atomic E-state index is 0.0736. The molecule has 0 fully saturated rings. The first kappa shape index (κ1) is 17.5. The molecule has 0 saturated heterocycles. The lowest BCUT2D eigenvalue weighted by Gasteiger charge is -2.11. The molecule has 0 spiro atoms. The molecule has 3 heterocycles. The highest BCUT2D eigenvalue weighted by molar-refractivity contribution is 7.98. The second-order valence-electron chi connectivity index (χ2n) is 6.14. The molecular formula is C19H19N5O2S. The minimum Gasteiger partial charge on any atom is -0.496 e. The van der Waals surface area contributed by atoms with Crippen LogP contribution in [0.3, 0.4) is 0 Å². The van der Waals surface area contributed by atoms with Crippen molar-refractivity contribution in [2.45, 2.75) is 25.0 Å². The number of nitrogens with zero attached hydrogens (tertiary/aromatic N) is 5. The van der Waals surface area contributed by atoms with Crippen molar-refractivity contribution in [3.8, 4) is 5.75 Å². The van der Waals surface area contributed by atoms with Gasteiger partial charge in [-0.05, 0) is 37.3 Å². The van der Waals surface area contributed by atoms with Crippen molar-refractivity contribution >= 4 is 28.4 Å². The number of hydrogen-bond acceptors (Lipinski definition) is 6. The van der Waals surface area contributed by atoms with E-state index in [2.05, 4.69) is 15.1 Å². The number of benzene rings is 1. The maximum atomic E-state index is 13.1. The van der Waals surface area contributed by atoms with E-state index in [1.807, 2.05) is 43.5 Å². The van der Waals surface area contributed by atoms with Crippen molar-refractivity contribution in [3.05, 3.63) is 58.1 Å². The molecule has 3 aromatic heterocycles. The van der Waals surface area contributed by atoms with Gasteiger partial charge in [-0.3, -0.25) is 4.79 Å². The third-order valence-electron chi connectivity index (χ3n) is 4.57. The molecule has 27 heavy (non-hydrogen) atoms. The summed E-state index contributed by atoms with van der Waals surface area (Å²) in [5.74, 6) is 1.34. The summed E-state index contributed by atoms with van der Waals surface area (Å²) in [6.45, 7) is 2.39. The van der Waals surface area contributed by atoms with Crippen LogP contribution in [0.25, 0.3) is 16.7 Å². The van der Waals surface area contributed by atoms with Gasteiger partial charge in [-0.2, -0.15) is 9.50 Å². The molecule has 1 aromatic carbocycles. The zero-order chi connectivity index (χ0) is 19.0. The Balaban J connectivity index is 1.77. The highest BCUT2D eigenvalue weighted by atomic mass is 32.2. The van der Waals surface area contributed by atoms with Gasteiger partial charge in [-0.15, -0.1) is 5.10 Å². The number of aromatic nitrogens is 5. The average Bonchev–Trinajstić information content (AvgIpc) is 3.10. The normalized spacial score (nSPS) is 11.4. The van der Waals surface area contributed by atoms with Crippen molar-refractivity contribution < 1.29 is 4.74 Å². The Kier molecular flexibility index (Phi) is 4.57. The van der Waals surface area contributed by atoms with Crippen LogP contribution in [0.15, 0.2) is 46.5 Å². The van der Waals surface area contributed by atoms with Crippen molar-refractivity contribution in [1.29, 1.82) is 0 Å². The van der Waals surface area contributed by atoms with Crippen LogP contribution in [0.1, 0.15) is 11.3 Å². The molecule has 4 rings (SSSR count). The average molecular weight is 381 g/mol. The van der Waals surface area contributed by atoms with Crippen LogP contribution >= 0.6 is 11.8 Å². The van der Waals surface area contributed by atoms with Crippen LogP contribution < -0.4 is 10.3 Å². The van der Waals surface area contributed by atoms with Crippen molar-refractivity contribution in [1.82, 2.24) is 24.1 Å². The highest BCUT2D eigenvalue weighted by Crippen LogP contribution is 2.19. The van der Waals surface area contributed by atoms with E-state index in [9.17, 15) is 4.79 Å². The number of fused-ring (bicyclic) bond motifs is 3. The molecule has 0 radical (unpaired) electrons. The number of aryl methyl sites for hydroxylation is 3. The van der Waals surface area contributed by atoms with Gasteiger partial charge in [0.2, 0.25) is 5.16 Å². The van der Waals surface area contributed by atoms with Gasteiger partial charge in [0.05, 0.1) is 23.7 Å². The molecule has 4 aromatic rings. The van der Waals surface area contributed by atoms with E-state index in [-0.39, 0.29) is 5.56 Å². The summed E-state index contributed by atoms with van der Waals surface area (Å²) in [5, 5.41) is 5.63. The molecule has 138 valence electrons. The number of rotatable bonds is 5. The molecule has 7 nitrogen and oxygen atoms in total. The van der Waals surface area contributed by atoms with E-state index < -0.39 is 0 Å². The van der Waals surface area contributed by atoms with Gasteiger partial charge >= 0.3 is 0 Å². The quantitative estimate of drug-likeness (QED) is 0.495. The zero-order valence-corrected chi connectivity index (χ0v) is 16.2. The van der Waals surface area contributed by atoms with Gasteiger partial charge < -0.3 is 9.30 Å². The highest BCUT2D eigenvalue weighted by Gasteiger charge is 2.14. The molecule has 0 aliphatic heterocycles. The Hall–Kier alpha value is -2.87. The maximum Gasteiger partial charge on any atom is 0.261 e. The van der Waals surface area contributed by atoms with E-state index in [0.717, 1.165) is 16.8 Å². The Morgan fingerprint density at radius 1 is 1.19 bits per heavy atom. The van der Waals surface area contributed by atoms with Gasteiger partial charge in [-0.25, -0.2) is 4.98 Å². The fourth-order valence-corrected chi connectivity index (χ4v) is 3.56. The lowest BCUT2D eigenvalue weighted by atomic mass is 10.1. The second kappa shape index (κ2) is 7.03. The standard InChI is InChI=1S/C19H19N5O2S/c1-12-16-14(24-18(20-12)21-19(22-24)27-3)9-11-23(17(16)25)10-8-13-6-4-5-7-15(13)26-2/h4-7,9,11H,8,10H2,1-3H3. The summed E-state index contributed by atoms with van der Waals surface area (Å²) >= 11 is 1.45. The number of pyridine rings is 1. The number of ether oxygens (including phenoxy) is 1. The van der Waals surface area contributed by atoms with E-state index >= 15 is 0 Å². The van der Waals surface area contributed by atoms with Crippen LogP contribution in [0.2, 0.25) is 0 Å². The van der Waals surface area contributed by atoms with E-state index in [0.29, 0.717) is 35.0 Å². The van der Waals surface area contributed by atoms with Crippen molar-refractivity contribution in [2.24, 2.45) is 0 Å². The molecule has 0 amide bonds. The summed E-state index contributed by atoms with van der Waals surface area (Å²) in [5.41, 5.74) is 2.38. The lowest BCUT2D eigenvalue weighted by Crippen LogP contribution is -2.22. The summed E-state index contributed by atoms with van der Waals surface area (Å²) in [6, 6.07) is 9.75. The van der Waals surface area contributed by atoms with Crippen LogP contribution in [0.4, 0.5) is 0 Å². The lowest BCUT2D eigenvalue weighted by molar-refractivity contribution is 0.408. The first-order valence-corrected chi connectivity index (χ1v) is 9.77. The summed E-state index contributed by atoms with van der Waals surface area (Å²) in [6.07, 6.45) is 4.41. The maximum absolute atomic E-state index is 13.1. The Labute approximate surface area is 160 Å². The molecule has 0 bridgehead atoms. The van der Waals surface area contributed by atoms with Crippen LogP contribution in [0.5, 0.6) is 5.75 Å². The molecule has 0 aliphatic carbocycles. The molecule has 0 unspecified atom stereocenters. The fraction of sp³-hybridized carbons (Fsp3) is 0.263. The summed E-state index contributed by atoms with van der Waals surface area (Å²) < 4.78 is 8.75. The van der Waals surface area contributed by atoms with Crippen molar-refractivity contribution in [2.75, 3.05) is 13.4 Å². The smallest absolute Gasteiger partial charge is 0.261 e.